The third kappa shape index (κ3) is 5.36. The summed E-state index contributed by atoms with van der Waals surface area (Å²) in [7, 11) is -2.92. The summed E-state index contributed by atoms with van der Waals surface area (Å²) < 4.78 is 29.3. The number of benzene rings is 2. The first-order chi connectivity index (χ1) is 15.3. The zero-order valence-electron chi connectivity index (χ0n) is 17.5. The summed E-state index contributed by atoms with van der Waals surface area (Å²) in [6.07, 6.45) is -0.227. The van der Waals surface area contributed by atoms with Crippen molar-refractivity contribution in [2.45, 2.75) is 25.5 Å². The molecule has 2 aliphatic heterocycles. The number of nitriles is 1. The first kappa shape index (κ1) is 22.1. The summed E-state index contributed by atoms with van der Waals surface area (Å²) in [4.78, 5) is 13.1. The lowest BCUT2D eigenvalue weighted by molar-refractivity contribution is -0.137. The number of hydrogen-bond acceptors (Lipinski definition) is 6. The second-order valence-corrected chi connectivity index (χ2v) is 10.4. The molecule has 166 valence electrons. The largest absolute Gasteiger partial charge is 0.489 e. The Morgan fingerprint density at radius 1 is 1.09 bits per heavy atom. The molecule has 2 aliphatic rings. The number of carboxylic acid groups (broad SMARTS) is 1. The van der Waals surface area contributed by atoms with E-state index in [9.17, 15) is 13.2 Å². The van der Waals surface area contributed by atoms with Crippen LogP contribution in [-0.2, 0) is 27.8 Å². The molecule has 1 atom stereocenters. The van der Waals surface area contributed by atoms with E-state index in [4.69, 9.17) is 15.1 Å². The Labute approximate surface area is 187 Å². The summed E-state index contributed by atoms with van der Waals surface area (Å²) in [5.74, 6) is -0.628. The van der Waals surface area contributed by atoms with Gasteiger partial charge in [0.1, 0.15) is 12.4 Å². The Balaban J connectivity index is 1.31. The molecule has 0 aliphatic carbocycles. The highest BCUT2D eigenvalue weighted by atomic mass is 32.2. The lowest BCUT2D eigenvalue weighted by Gasteiger charge is -2.18. The van der Waals surface area contributed by atoms with Crippen molar-refractivity contribution < 1.29 is 23.1 Å². The molecular weight excluding hydrogens is 428 g/mol. The molecule has 4 rings (SSSR count). The fourth-order valence-corrected chi connectivity index (χ4v) is 6.01. The molecule has 0 saturated heterocycles. The van der Waals surface area contributed by atoms with Crippen molar-refractivity contribution >= 4 is 15.8 Å². The van der Waals surface area contributed by atoms with Gasteiger partial charge < -0.3 is 9.84 Å². The highest BCUT2D eigenvalue weighted by Gasteiger charge is 2.33. The maximum Gasteiger partial charge on any atom is 0.305 e. The number of sulfone groups is 1. The zero-order chi connectivity index (χ0) is 22.7. The van der Waals surface area contributed by atoms with Crippen LogP contribution in [0.5, 0.6) is 5.75 Å². The maximum atomic E-state index is 11.7. The van der Waals surface area contributed by atoms with Gasteiger partial charge in [-0.15, -0.1) is 0 Å². The van der Waals surface area contributed by atoms with E-state index in [2.05, 4.69) is 17.0 Å². The van der Waals surface area contributed by atoms with Gasteiger partial charge in [-0.1, -0.05) is 36.4 Å². The Hall–Kier alpha value is -3.15. The fourth-order valence-electron chi connectivity index (χ4n) is 4.26. The number of ether oxygens (including phenoxy) is 1. The second kappa shape index (κ2) is 9.15. The first-order valence-corrected chi connectivity index (χ1v) is 12.2. The van der Waals surface area contributed by atoms with Crippen LogP contribution in [0.15, 0.2) is 59.7 Å². The van der Waals surface area contributed by atoms with Crippen LogP contribution in [0.4, 0.5) is 0 Å². The number of carboxylic acids is 1. The van der Waals surface area contributed by atoms with E-state index in [1.54, 1.807) is 24.3 Å². The Morgan fingerprint density at radius 2 is 1.75 bits per heavy atom. The predicted octanol–water partition coefficient (Wildman–Crippen LogP) is 2.89. The van der Waals surface area contributed by atoms with Crippen LogP contribution in [0, 0.1) is 11.3 Å². The minimum Gasteiger partial charge on any atom is -0.489 e. The molecule has 0 spiro atoms. The molecule has 32 heavy (non-hydrogen) atoms. The molecule has 2 aromatic rings. The third-order valence-electron chi connectivity index (χ3n) is 5.74. The molecule has 0 fully saturated rings. The van der Waals surface area contributed by atoms with Gasteiger partial charge in [-0.2, -0.15) is 5.26 Å². The lowest BCUT2D eigenvalue weighted by atomic mass is 9.97. The van der Waals surface area contributed by atoms with Gasteiger partial charge in [-0.05, 0) is 40.0 Å². The number of nitrogens with zero attached hydrogens (tertiary/aromatic N) is 2. The van der Waals surface area contributed by atoms with E-state index < -0.39 is 21.7 Å². The summed E-state index contributed by atoms with van der Waals surface area (Å²) in [6, 6.07) is 17.1. The maximum absolute atomic E-state index is 11.7. The molecule has 1 N–H and O–H groups in total. The van der Waals surface area contributed by atoms with Crippen LogP contribution in [-0.4, -0.2) is 49.0 Å². The average Bonchev–Trinajstić information content (AvgIpc) is 3.23. The van der Waals surface area contributed by atoms with Crippen LogP contribution < -0.4 is 4.74 Å². The van der Waals surface area contributed by atoms with Gasteiger partial charge in [0, 0.05) is 19.6 Å². The molecule has 2 aromatic carbocycles. The molecule has 0 amide bonds. The Morgan fingerprint density at radius 3 is 2.38 bits per heavy atom. The van der Waals surface area contributed by atoms with Crippen molar-refractivity contribution in [2.75, 3.05) is 24.6 Å². The molecule has 8 heteroatoms. The zero-order valence-corrected chi connectivity index (χ0v) is 18.3. The standard InChI is InChI=1S/C24H24N2O5S/c25-10-20(9-24(27)28)19-4-6-23(7-5-19)31-14-18-3-1-2-17(8-18)11-26-12-21-15-32(29,30)16-22(21)13-26/h1-8,20H,9,11-16H2,(H,27,28). The quantitative estimate of drug-likeness (QED) is 0.614. The highest BCUT2D eigenvalue weighted by Crippen LogP contribution is 2.28. The molecule has 0 saturated carbocycles. The van der Waals surface area contributed by atoms with Crippen LogP contribution >= 0.6 is 0 Å². The minimum absolute atomic E-state index is 0.205. The molecule has 0 aromatic heterocycles. The molecular formula is C24H24N2O5S. The van der Waals surface area contributed by atoms with Crippen LogP contribution in [0.25, 0.3) is 0 Å². The Bertz CT molecular complexity index is 1170. The number of hydrogen-bond donors (Lipinski definition) is 1. The van der Waals surface area contributed by atoms with Crippen molar-refractivity contribution in [3.05, 3.63) is 76.4 Å². The smallest absolute Gasteiger partial charge is 0.305 e. The van der Waals surface area contributed by atoms with Crippen LogP contribution in [0.1, 0.15) is 29.0 Å². The molecule has 0 bridgehead atoms. The van der Waals surface area contributed by atoms with Gasteiger partial charge in [0.2, 0.25) is 0 Å². The van der Waals surface area contributed by atoms with Gasteiger partial charge >= 0.3 is 5.97 Å². The minimum atomic E-state index is -2.92. The van der Waals surface area contributed by atoms with Crippen molar-refractivity contribution in [1.29, 1.82) is 5.26 Å². The van der Waals surface area contributed by atoms with Crippen molar-refractivity contribution in [2.24, 2.45) is 0 Å². The van der Waals surface area contributed by atoms with Crippen molar-refractivity contribution in [1.82, 2.24) is 4.90 Å². The summed E-state index contributed by atoms with van der Waals surface area (Å²) in [5.41, 5.74) is 4.96. The van der Waals surface area contributed by atoms with E-state index in [1.807, 2.05) is 18.2 Å². The van der Waals surface area contributed by atoms with E-state index >= 15 is 0 Å². The third-order valence-corrected chi connectivity index (χ3v) is 7.31. The summed E-state index contributed by atoms with van der Waals surface area (Å²) in [6.45, 7) is 2.58. The van der Waals surface area contributed by atoms with Gasteiger partial charge in [0.25, 0.3) is 0 Å². The van der Waals surface area contributed by atoms with E-state index in [0.29, 0.717) is 31.0 Å². The van der Waals surface area contributed by atoms with Crippen LogP contribution in [0.3, 0.4) is 0 Å². The lowest BCUT2D eigenvalue weighted by Crippen LogP contribution is -2.24. The first-order valence-electron chi connectivity index (χ1n) is 10.4. The summed E-state index contributed by atoms with van der Waals surface area (Å²) in [5, 5.41) is 18.1. The molecule has 7 nitrogen and oxygen atoms in total. The SMILES string of the molecule is N#CC(CC(=O)O)c1ccc(OCc2cccc(CN3CC4=C(C3)CS(=O)(=O)C4)c2)cc1. The van der Waals surface area contributed by atoms with Crippen LogP contribution in [0.2, 0.25) is 0 Å². The topological polar surface area (TPSA) is 108 Å². The monoisotopic (exact) mass is 452 g/mol. The Kier molecular flexibility index (Phi) is 6.31. The van der Waals surface area contributed by atoms with Gasteiger partial charge in [-0.3, -0.25) is 9.69 Å². The van der Waals surface area contributed by atoms with Gasteiger partial charge in [0.15, 0.2) is 9.84 Å². The number of aliphatic carboxylic acids is 1. The van der Waals surface area contributed by atoms with Gasteiger partial charge in [-0.25, -0.2) is 8.42 Å². The second-order valence-electron chi connectivity index (χ2n) is 8.34. The molecule has 0 radical (unpaired) electrons. The predicted molar refractivity (Wildman–Crippen MR) is 119 cm³/mol. The molecule has 1 unspecified atom stereocenters. The summed E-state index contributed by atoms with van der Waals surface area (Å²) >= 11 is 0. The van der Waals surface area contributed by atoms with E-state index in [-0.39, 0.29) is 17.9 Å². The average molecular weight is 453 g/mol. The van der Waals surface area contributed by atoms with Crippen molar-refractivity contribution in [3.8, 4) is 11.8 Å². The van der Waals surface area contributed by atoms with Gasteiger partial charge in [0.05, 0.1) is 29.9 Å². The van der Waals surface area contributed by atoms with Crippen molar-refractivity contribution in [3.63, 3.8) is 0 Å². The highest BCUT2D eigenvalue weighted by molar-refractivity contribution is 7.92. The number of carbonyl (C=O) groups is 1. The normalized spacial score (nSPS) is 18.2. The van der Waals surface area contributed by atoms with E-state index in [0.717, 1.165) is 28.8 Å². The van der Waals surface area contributed by atoms with E-state index in [1.165, 1.54) is 0 Å². The number of rotatable bonds is 8. The molecule has 2 heterocycles. The fraction of sp³-hybridized carbons (Fsp3) is 0.333.